The smallest absolute Gasteiger partial charge is 0.445 e. The number of nitrogens with one attached hydrogen (secondary N) is 1. The van der Waals surface area contributed by atoms with E-state index in [0.717, 1.165) is 10.6 Å². The largest absolute Gasteiger partial charge is 0.534 e. The molecule has 0 spiro atoms. The maximum Gasteiger partial charge on any atom is 0.534 e. The molecule has 0 aliphatic rings. The summed E-state index contributed by atoms with van der Waals surface area (Å²) in [5.41, 5.74) is -0.772. The normalized spacial score (nSPS) is 12.4. The number of alkyl carbamates (subject to hydrolysis) is 1. The van der Waals surface area contributed by atoms with Crippen molar-refractivity contribution in [1.82, 2.24) is 10.4 Å². The highest BCUT2D eigenvalue weighted by molar-refractivity contribution is 5.70. The summed E-state index contributed by atoms with van der Waals surface area (Å²) in [6.07, 6.45) is -2.15. The summed E-state index contributed by atoms with van der Waals surface area (Å²) in [5, 5.41) is 3.40. The predicted octanol–water partition coefficient (Wildman–Crippen LogP) is 4.80. The van der Waals surface area contributed by atoms with E-state index in [0.29, 0.717) is 6.42 Å². The number of hydroxylamine groups is 2. The van der Waals surface area contributed by atoms with Crippen LogP contribution in [0, 0.1) is 0 Å². The molecule has 0 aliphatic heterocycles. The quantitative estimate of drug-likeness (QED) is 0.387. The minimum atomic E-state index is -1.06. The Bertz CT molecular complexity index is 724. The zero-order chi connectivity index (χ0) is 23.7. The Hall–Kier alpha value is -2.97. The van der Waals surface area contributed by atoms with Crippen LogP contribution in [0.15, 0.2) is 30.3 Å². The lowest BCUT2D eigenvalue weighted by Crippen LogP contribution is -2.48. The highest BCUT2D eigenvalue weighted by Gasteiger charge is 2.30. The summed E-state index contributed by atoms with van der Waals surface area (Å²) >= 11 is 0. The number of carbonyl (C=O) groups excluding carboxylic acids is 3. The number of rotatable bonds is 6. The number of benzene rings is 1. The summed E-state index contributed by atoms with van der Waals surface area (Å²) in [7, 11) is 0. The Morgan fingerprint density at radius 2 is 1.55 bits per heavy atom. The lowest BCUT2D eigenvalue weighted by atomic mass is 10.2. The predicted molar refractivity (Wildman–Crippen MR) is 114 cm³/mol. The van der Waals surface area contributed by atoms with Gasteiger partial charge in [-0.05, 0) is 53.5 Å². The van der Waals surface area contributed by atoms with Crippen molar-refractivity contribution in [3.8, 4) is 0 Å². The number of hydrogen-bond donors (Lipinski definition) is 1. The first-order chi connectivity index (χ1) is 14.3. The Balaban J connectivity index is 2.76. The van der Waals surface area contributed by atoms with Gasteiger partial charge in [0, 0.05) is 0 Å². The summed E-state index contributed by atoms with van der Waals surface area (Å²) in [6.45, 7) is 11.8. The Kier molecular flexibility index (Phi) is 9.61. The Morgan fingerprint density at radius 3 is 2.06 bits per heavy atom. The average Bonchev–Trinajstić information content (AvgIpc) is 2.63. The van der Waals surface area contributed by atoms with Gasteiger partial charge in [-0.25, -0.2) is 14.4 Å². The number of carbonyl (C=O) groups is 3. The minimum absolute atomic E-state index is 0.104. The summed E-state index contributed by atoms with van der Waals surface area (Å²) in [6, 6.07) is 8.67. The van der Waals surface area contributed by atoms with Gasteiger partial charge in [0.05, 0.1) is 12.6 Å². The first-order valence-corrected chi connectivity index (χ1v) is 10.2. The highest BCUT2D eigenvalue weighted by atomic mass is 16.8. The van der Waals surface area contributed by atoms with Crippen LogP contribution in [-0.4, -0.2) is 47.2 Å². The first kappa shape index (κ1) is 26.1. The van der Waals surface area contributed by atoms with Gasteiger partial charge >= 0.3 is 18.3 Å². The second-order valence-electron chi connectivity index (χ2n) is 8.91. The van der Waals surface area contributed by atoms with Crippen molar-refractivity contribution >= 4 is 18.3 Å². The fourth-order valence-corrected chi connectivity index (χ4v) is 2.23. The van der Waals surface area contributed by atoms with Gasteiger partial charge in [0.15, 0.2) is 0 Å². The van der Waals surface area contributed by atoms with Crippen LogP contribution in [0.3, 0.4) is 0 Å². The molecule has 0 heterocycles. The molecule has 1 atom stereocenters. The van der Waals surface area contributed by atoms with Gasteiger partial charge in [-0.1, -0.05) is 37.3 Å². The van der Waals surface area contributed by atoms with Crippen molar-refractivity contribution in [3.05, 3.63) is 35.9 Å². The van der Waals surface area contributed by atoms with E-state index in [-0.39, 0.29) is 13.2 Å². The number of hydrogen-bond acceptors (Lipinski definition) is 7. The SMILES string of the molecule is CCC(CN(OC(=O)OC(C)(C)C)C(=O)OC(C)(C)C)NC(=O)OCc1ccccc1. The van der Waals surface area contributed by atoms with Crippen molar-refractivity contribution in [2.45, 2.75) is 78.7 Å². The Morgan fingerprint density at radius 1 is 0.968 bits per heavy atom. The molecular formula is C22H34N2O7. The van der Waals surface area contributed by atoms with Crippen LogP contribution in [0.4, 0.5) is 14.4 Å². The molecule has 9 nitrogen and oxygen atoms in total. The third-order valence-corrected chi connectivity index (χ3v) is 3.59. The molecule has 0 bridgehead atoms. The molecular weight excluding hydrogens is 404 g/mol. The molecule has 0 saturated heterocycles. The fraction of sp³-hybridized carbons (Fsp3) is 0.591. The van der Waals surface area contributed by atoms with Crippen molar-refractivity contribution in [1.29, 1.82) is 0 Å². The van der Waals surface area contributed by atoms with E-state index in [1.807, 2.05) is 37.3 Å². The van der Waals surface area contributed by atoms with Gasteiger partial charge in [0.25, 0.3) is 0 Å². The monoisotopic (exact) mass is 438 g/mol. The van der Waals surface area contributed by atoms with E-state index < -0.39 is 35.6 Å². The van der Waals surface area contributed by atoms with Crippen molar-refractivity contribution < 1.29 is 33.4 Å². The fourth-order valence-electron chi connectivity index (χ4n) is 2.23. The molecule has 1 aromatic rings. The Labute approximate surface area is 183 Å². The van der Waals surface area contributed by atoms with E-state index in [1.54, 1.807) is 41.5 Å². The van der Waals surface area contributed by atoms with E-state index in [2.05, 4.69) is 5.32 Å². The standard InChI is InChI=1S/C22H34N2O7/c1-8-17(23-18(25)28-15-16-12-10-9-11-13-16)14-24(19(26)29-21(2,3)4)31-20(27)30-22(5,6)7/h9-13,17H,8,14-15H2,1-7H3,(H,23,25). The van der Waals surface area contributed by atoms with Crippen LogP contribution in [0.25, 0.3) is 0 Å². The van der Waals surface area contributed by atoms with Crippen LogP contribution in [0.2, 0.25) is 0 Å². The lowest BCUT2D eigenvalue weighted by molar-refractivity contribution is -0.138. The molecule has 0 aromatic heterocycles. The van der Waals surface area contributed by atoms with Gasteiger partial charge in [0.2, 0.25) is 0 Å². The number of nitrogens with zero attached hydrogens (tertiary/aromatic N) is 1. The lowest BCUT2D eigenvalue weighted by Gasteiger charge is -2.29. The zero-order valence-corrected chi connectivity index (χ0v) is 19.4. The highest BCUT2D eigenvalue weighted by Crippen LogP contribution is 2.14. The molecule has 0 aliphatic carbocycles. The molecule has 0 saturated carbocycles. The second-order valence-corrected chi connectivity index (χ2v) is 8.91. The zero-order valence-electron chi connectivity index (χ0n) is 19.4. The maximum absolute atomic E-state index is 12.5. The molecule has 1 unspecified atom stereocenters. The van der Waals surface area contributed by atoms with Crippen LogP contribution in [-0.2, 0) is 25.7 Å². The van der Waals surface area contributed by atoms with E-state index >= 15 is 0 Å². The van der Waals surface area contributed by atoms with Crippen molar-refractivity contribution in [2.24, 2.45) is 0 Å². The average molecular weight is 439 g/mol. The van der Waals surface area contributed by atoms with Gasteiger partial charge < -0.3 is 24.4 Å². The molecule has 9 heteroatoms. The van der Waals surface area contributed by atoms with Crippen LogP contribution < -0.4 is 5.32 Å². The third-order valence-electron chi connectivity index (χ3n) is 3.59. The van der Waals surface area contributed by atoms with E-state index in [4.69, 9.17) is 19.0 Å². The second kappa shape index (κ2) is 11.4. The maximum atomic E-state index is 12.5. The number of ether oxygens (including phenoxy) is 3. The van der Waals surface area contributed by atoms with Gasteiger partial charge in [-0.15, -0.1) is 5.06 Å². The molecule has 174 valence electrons. The van der Waals surface area contributed by atoms with Crippen LogP contribution in [0.1, 0.15) is 60.5 Å². The summed E-state index contributed by atoms with van der Waals surface area (Å²) in [4.78, 5) is 41.9. The topological polar surface area (TPSA) is 103 Å². The minimum Gasteiger partial charge on any atom is -0.445 e. The number of amides is 2. The van der Waals surface area contributed by atoms with E-state index in [9.17, 15) is 14.4 Å². The molecule has 0 fully saturated rings. The van der Waals surface area contributed by atoms with Crippen LogP contribution in [0.5, 0.6) is 0 Å². The molecule has 31 heavy (non-hydrogen) atoms. The van der Waals surface area contributed by atoms with Gasteiger partial charge in [0.1, 0.15) is 17.8 Å². The van der Waals surface area contributed by atoms with E-state index in [1.165, 1.54) is 0 Å². The molecule has 1 N–H and O–H groups in total. The van der Waals surface area contributed by atoms with Crippen molar-refractivity contribution in [2.75, 3.05) is 6.54 Å². The molecule has 1 aromatic carbocycles. The summed E-state index contributed by atoms with van der Waals surface area (Å²) < 4.78 is 15.6. The first-order valence-electron chi connectivity index (χ1n) is 10.2. The molecule has 0 radical (unpaired) electrons. The summed E-state index contributed by atoms with van der Waals surface area (Å²) in [5.74, 6) is 0. The van der Waals surface area contributed by atoms with Crippen LogP contribution >= 0.6 is 0 Å². The third kappa shape index (κ3) is 11.7. The molecule has 1 rings (SSSR count). The van der Waals surface area contributed by atoms with Gasteiger partial charge in [-0.3, -0.25) is 0 Å². The van der Waals surface area contributed by atoms with Crippen molar-refractivity contribution in [3.63, 3.8) is 0 Å². The molecule has 2 amide bonds. The van der Waals surface area contributed by atoms with Gasteiger partial charge in [-0.2, -0.15) is 0 Å².